The third-order valence-electron chi connectivity index (χ3n) is 4.86. The molecule has 0 spiro atoms. The summed E-state index contributed by atoms with van der Waals surface area (Å²) in [5.41, 5.74) is 1.39. The first-order valence-corrected chi connectivity index (χ1v) is 8.49. The number of likely N-dealkylation sites (tertiary alicyclic amines) is 1. The molecule has 124 valence electrons. The van der Waals surface area contributed by atoms with Gasteiger partial charge in [-0.2, -0.15) is 4.98 Å². The van der Waals surface area contributed by atoms with Crippen molar-refractivity contribution in [2.24, 2.45) is 0 Å². The summed E-state index contributed by atoms with van der Waals surface area (Å²) in [4.78, 5) is 9.37. The second-order valence-electron chi connectivity index (χ2n) is 6.32. The molecule has 1 saturated heterocycles. The first kappa shape index (κ1) is 16.1. The van der Waals surface area contributed by atoms with Crippen LogP contribution in [0.1, 0.15) is 43.6 Å². The molecule has 23 heavy (non-hydrogen) atoms. The Morgan fingerprint density at radius 3 is 2.78 bits per heavy atom. The number of likely N-dealkylation sites (N-methyl/N-ethyl adjacent to an activating group) is 1. The van der Waals surface area contributed by atoms with Crippen molar-refractivity contribution < 1.29 is 4.52 Å². The fourth-order valence-corrected chi connectivity index (χ4v) is 3.45. The minimum Gasteiger partial charge on any atom is -0.340 e. The van der Waals surface area contributed by atoms with E-state index in [-0.39, 0.29) is 0 Å². The fraction of sp³-hybridized carbons (Fsp3) is 0.556. The molecule has 1 aliphatic rings. The molecule has 1 aromatic carbocycles. The predicted octanol–water partition coefficient (Wildman–Crippen LogP) is 3.04. The van der Waals surface area contributed by atoms with Gasteiger partial charge in [-0.1, -0.05) is 42.4 Å². The zero-order valence-electron chi connectivity index (χ0n) is 14.3. The lowest BCUT2D eigenvalue weighted by Gasteiger charge is -2.28. The number of rotatable bonds is 6. The van der Waals surface area contributed by atoms with E-state index in [1.807, 2.05) is 6.92 Å². The normalized spacial score (nSPS) is 20.3. The van der Waals surface area contributed by atoms with Crippen LogP contribution in [0.4, 0.5) is 0 Å². The molecule has 1 fully saturated rings. The summed E-state index contributed by atoms with van der Waals surface area (Å²) in [5, 5.41) is 4.04. The Hall–Kier alpha value is -1.72. The third-order valence-corrected chi connectivity index (χ3v) is 4.86. The fourth-order valence-electron chi connectivity index (χ4n) is 3.45. The summed E-state index contributed by atoms with van der Waals surface area (Å²) < 4.78 is 5.09. The molecule has 0 unspecified atom stereocenters. The molecule has 2 aromatic rings. The Kier molecular flexibility index (Phi) is 5.08. The second-order valence-corrected chi connectivity index (χ2v) is 6.32. The van der Waals surface area contributed by atoms with Gasteiger partial charge in [0.25, 0.3) is 0 Å². The van der Waals surface area contributed by atoms with Gasteiger partial charge in [-0.05, 0) is 25.5 Å². The highest BCUT2D eigenvalue weighted by molar-refractivity contribution is 5.18. The van der Waals surface area contributed by atoms with Crippen LogP contribution in [0.3, 0.4) is 0 Å². The monoisotopic (exact) mass is 314 g/mol. The van der Waals surface area contributed by atoms with E-state index in [4.69, 9.17) is 4.52 Å². The lowest BCUT2D eigenvalue weighted by atomic mass is 10.1. The molecule has 0 amide bonds. The van der Waals surface area contributed by atoms with Crippen molar-refractivity contribution in [1.82, 2.24) is 19.9 Å². The van der Waals surface area contributed by atoms with Crippen LogP contribution in [-0.4, -0.2) is 45.6 Å². The Balaban J connectivity index is 1.61. The molecule has 2 atom stereocenters. The highest BCUT2D eigenvalue weighted by Gasteiger charge is 2.30. The molecule has 1 aromatic heterocycles. The van der Waals surface area contributed by atoms with Crippen LogP contribution >= 0.6 is 0 Å². The van der Waals surface area contributed by atoms with E-state index in [2.05, 4.69) is 64.1 Å². The van der Waals surface area contributed by atoms with Crippen LogP contribution in [0, 0.1) is 6.92 Å². The van der Waals surface area contributed by atoms with E-state index >= 15 is 0 Å². The smallest absolute Gasteiger partial charge is 0.223 e. The van der Waals surface area contributed by atoms with Crippen LogP contribution in [0.2, 0.25) is 0 Å². The van der Waals surface area contributed by atoms with Crippen molar-refractivity contribution in [3.63, 3.8) is 0 Å². The van der Waals surface area contributed by atoms with Crippen LogP contribution in [-0.2, 0) is 6.54 Å². The van der Waals surface area contributed by atoms with E-state index in [0.717, 1.165) is 32.0 Å². The topological polar surface area (TPSA) is 45.4 Å². The second kappa shape index (κ2) is 7.23. The Morgan fingerprint density at radius 1 is 1.35 bits per heavy atom. The summed E-state index contributed by atoms with van der Waals surface area (Å²) in [7, 11) is 0. The van der Waals surface area contributed by atoms with Crippen molar-refractivity contribution in [3.05, 3.63) is 47.6 Å². The van der Waals surface area contributed by atoms with E-state index in [9.17, 15) is 0 Å². The Morgan fingerprint density at radius 2 is 2.13 bits per heavy atom. The van der Waals surface area contributed by atoms with Gasteiger partial charge in [0.15, 0.2) is 5.82 Å². The van der Waals surface area contributed by atoms with Crippen molar-refractivity contribution in [1.29, 1.82) is 0 Å². The average Bonchev–Trinajstić information content (AvgIpc) is 3.22. The van der Waals surface area contributed by atoms with Crippen molar-refractivity contribution >= 4 is 0 Å². The summed E-state index contributed by atoms with van der Waals surface area (Å²) in [5.74, 6) is 1.43. The quantitative estimate of drug-likeness (QED) is 0.820. The molecular formula is C18H26N4O. The molecule has 0 aliphatic carbocycles. The first-order valence-electron chi connectivity index (χ1n) is 8.49. The minimum absolute atomic E-state index is 0.465. The summed E-state index contributed by atoms with van der Waals surface area (Å²) in [6.07, 6.45) is 1.20. The molecule has 1 aliphatic heterocycles. The molecule has 0 bridgehead atoms. The van der Waals surface area contributed by atoms with Gasteiger partial charge < -0.3 is 4.52 Å². The SMILES string of the molecule is CCN(Cc1noc(C)n1)[C@H]1CCN([C@@H](C)c2ccccc2)C1. The minimum atomic E-state index is 0.465. The van der Waals surface area contributed by atoms with E-state index in [0.29, 0.717) is 18.0 Å². The van der Waals surface area contributed by atoms with Crippen molar-refractivity contribution in [3.8, 4) is 0 Å². The van der Waals surface area contributed by atoms with Gasteiger partial charge in [0, 0.05) is 32.1 Å². The molecule has 5 nitrogen and oxygen atoms in total. The van der Waals surface area contributed by atoms with Crippen LogP contribution < -0.4 is 0 Å². The van der Waals surface area contributed by atoms with Crippen LogP contribution in [0.5, 0.6) is 0 Å². The zero-order valence-corrected chi connectivity index (χ0v) is 14.3. The number of aryl methyl sites for hydroxylation is 1. The summed E-state index contributed by atoms with van der Waals surface area (Å²) >= 11 is 0. The van der Waals surface area contributed by atoms with E-state index in [1.165, 1.54) is 12.0 Å². The van der Waals surface area contributed by atoms with Gasteiger partial charge in [-0.15, -0.1) is 0 Å². The van der Waals surface area contributed by atoms with Gasteiger partial charge in [-0.25, -0.2) is 0 Å². The maximum Gasteiger partial charge on any atom is 0.223 e. The molecule has 5 heteroatoms. The van der Waals surface area contributed by atoms with Gasteiger partial charge in [-0.3, -0.25) is 9.80 Å². The zero-order chi connectivity index (χ0) is 16.2. The number of benzene rings is 1. The average molecular weight is 314 g/mol. The van der Waals surface area contributed by atoms with E-state index < -0.39 is 0 Å². The molecule has 3 rings (SSSR count). The number of nitrogens with zero attached hydrogens (tertiary/aromatic N) is 4. The largest absolute Gasteiger partial charge is 0.340 e. The predicted molar refractivity (Wildman–Crippen MR) is 90.0 cm³/mol. The number of hydrogen-bond donors (Lipinski definition) is 0. The van der Waals surface area contributed by atoms with Crippen LogP contribution in [0.15, 0.2) is 34.9 Å². The highest BCUT2D eigenvalue weighted by atomic mass is 16.5. The highest BCUT2D eigenvalue weighted by Crippen LogP contribution is 2.27. The maximum atomic E-state index is 5.09. The number of aromatic nitrogens is 2. The lowest BCUT2D eigenvalue weighted by Crippen LogP contribution is -2.37. The summed E-state index contributed by atoms with van der Waals surface area (Å²) in [6, 6.07) is 11.8. The molecule has 2 heterocycles. The summed E-state index contributed by atoms with van der Waals surface area (Å²) in [6.45, 7) is 10.4. The standard InChI is InChI=1S/C18H26N4O/c1-4-21(13-18-19-15(3)23-20-18)17-10-11-22(12-17)14(2)16-8-6-5-7-9-16/h5-9,14,17H,4,10-13H2,1-3H3/t14-,17-/m0/s1. The maximum absolute atomic E-state index is 5.09. The van der Waals surface area contributed by atoms with Gasteiger partial charge in [0.2, 0.25) is 5.89 Å². The van der Waals surface area contributed by atoms with Crippen molar-refractivity contribution in [2.45, 2.75) is 45.8 Å². The molecule has 0 N–H and O–H groups in total. The molecule has 0 saturated carbocycles. The first-order chi connectivity index (χ1) is 11.2. The lowest BCUT2D eigenvalue weighted by molar-refractivity contribution is 0.175. The Labute approximate surface area is 138 Å². The number of hydrogen-bond acceptors (Lipinski definition) is 5. The molecular weight excluding hydrogens is 288 g/mol. The molecule has 0 radical (unpaired) electrons. The third kappa shape index (κ3) is 3.79. The Bertz CT molecular complexity index is 612. The van der Waals surface area contributed by atoms with E-state index in [1.54, 1.807) is 0 Å². The van der Waals surface area contributed by atoms with Crippen LogP contribution in [0.25, 0.3) is 0 Å². The van der Waals surface area contributed by atoms with Crippen molar-refractivity contribution in [2.75, 3.05) is 19.6 Å². The van der Waals surface area contributed by atoms with Gasteiger partial charge in [0.1, 0.15) is 0 Å². The van der Waals surface area contributed by atoms with Gasteiger partial charge in [0.05, 0.1) is 6.54 Å². The van der Waals surface area contributed by atoms with Gasteiger partial charge >= 0.3 is 0 Å².